The topological polar surface area (TPSA) is 41.3 Å². The highest BCUT2D eigenvalue weighted by molar-refractivity contribution is 5.85. The Morgan fingerprint density at radius 1 is 0.913 bits per heavy atom. The fraction of sp³-hybridized carbons (Fsp3) is 0.167. The van der Waals surface area contributed by atoms with E-state index in [-0.39, 0.29) is 12.4 Å². The van der Waals surface area contributed by atoms with Crippen LogP contribution in [0.1, 0.15) is 5.89 Å². The van der Waals surface area contributed by atoms with Crippen LogP contribution in [-0.4, -0.2) is 24.1 Å². The van der Waals surface area contributed by atoms with Crippen molar-refractivity contribution in [2.45, 2.75) is 6.54 Å². The summed E-state index contributed by atoms with van der Waals surface area (Å²) < 4.78 is 6.01. The second-order valence-corrected chi connectivity index (χ2v) is 5.25. The zero-order chi connectivity index (χ0) is 15.4. The molecule has 0 saturated carbocycles. The molecule has 1 aromatic heterocycles. The molecule has 0 bridgehead atoms. The van der Waals surface area contributed by atoms with Crippen LogP contribution in [0.5, 0.6) is 0 Å². The fourth-order valence-electron chi connectivity index (χ4n) is 2.24. The second-order valence-electron chi connectivity index (χ2n) is 5.25. The van der Waals surface area contributed by atoms with E-state index in [4.69, 9.17) is 4.42 Å². The molecule has 1 heterocycles. The largest absolute Gasteiger partial charge is 0.439 e. The van der Waals surface area contributed by atoms with E-state index in [1.807, 2.05) is 79.8 Å². The monoisotopic (exact) mass is 329 g/mol. The molecule has 0 aliphatic carbocycles. The Labute approximate surface area is 142 Å². The number of rotatable bonds is 5. The number of aromatic nitrogens is 1. The molecule has 3 rings (SSSR count). The van der Waals surface area contributed by atoms with Crippen molar-refractivity contribution in [3.63, 3.8) is 0 Å². The van der Waals surface area contributed by atoms with E-state index < -0.39 is 0 Å². The molecule has 0 saturated heterocycles. The van der Waals surface area contributed by atoms with Crippen molar-refractivity contribution < 1.29 is 4.42 Å². The summed E-state index contributed by atoms with van der Waals surface area (Å²) in [5.41, 5.74) is 6.15. The van der Waals surface area contributed by atoms with Crippen LogP contribution in [0.15, 0.2) is 65.1 Å². The molecule has 2 aromatic carbocycles. The number of hydrogen-bond donors (Lipinski definition) is 1. The lowest BCUT2D eigenvalue weighted by Gasteiger charge is -2.08. The number of hydrogen-bond acceptors (Lipinski definition) is 4. The zero-order valence-electron chi connectivity index (χ0n) is 13.2. The molecule has 0 fully saturated rings. The molecular weight excluding hydrogens is 310 g/mol. The van der Waals surface area contributed by atoms with E-state index in [0.29, 0.717) is 12.4 Å². The predicted octanol–water partition coefficient (Wildman–Crippen LogP) is 4.00. The van der Waals surface area contributed by atoms with Gasteiger partial charge in [-0.05, 0) is 0 Å². The van der Waals surface area contributed by atoms with Crippen molar-refractivity contribution in [3.8, 4) is 22.6 Å². The molecule has 4 nitrogen and oxygen atoms in total. The summed E-state index contributed by atoms with van der Waals surface area (Å²) in [6.07, 6.45) is 0. The minimum absolute atomic E-state index is 0. The summed E-state index contributed by atoms with van der Waals surface area (Å²) in [6, 6.07) is 20.2. The van der Waals surface area contributed by atoms with Gasteiger partial charge in [-0.1, -0.05) is 60.7 Å². The molecule has 0 spiro atoms. The average molecular weight is 330 g/mol. The normalized spacial score (nSPS) is 10.6. The standard InChI is InChI=1S/C18H19N3O.ClH/c1-21(2)19-13-16-20-17(14-9-5-3-6-10-14)18(22-16)15-11-7-4-8-12-15;/h3-12,19H,13H2,1-2H3;1H. The summed E-state index contributed by atoms with van der Waals surface area (Å²) in [5, 5.41) is 1.88. The van der Waals surface area contributed by atoms with Crippen molar-refractivity contribution in [3.05, 3.63) is 66.6 Å². The summed E-state index contributed by atoms with van der Waals surface area (Å²) in [7, 11) is 3.89. The summed E-state index contributed by atoms with van der Waals surface area (Å²) in [5.74, 6) is 1.48. The molecule has 0 aliphatic rings. The maximum Gasteiger partial charge on any atom is 0.210 e. The Morgan fingerprint density at radius 2 is 1.48 bits per heavy atom. The SMILES string of the molecule is CN(C)NCc1nc(-c2ccccc2)c(-c2ccccc2)o1.Cl. The average Bonchev–Trinajstić information content (AvgIpc) is 2.99. The van der Waals surface area contributed by atoms with Crippen molar-refractivity contribution in [1.82, 2.24) is 15.4 Å². The number of nitrogens with zero attached hydrogens (tertiary/aromatic N) is 2. The summed E-state index contributed by atoms with van der Waals surface area (Å²) in [4.78, 5) is 4.67. The first kappa shape index (κ1) is 17.2. The molecule has 1 N–H and O–H groups in total. The van der Waals surface area contributed by atoms with Crippen LogP contribution in [0.2, 0.25) is 0 Å². The number of oxazole rings is 1. The van der Waals surface area contributed by atoms with Gasteiger partial charge in [0.1, 0.15) is 5.69 Å². The molecule has 0 radical (unpaired) electrons. The van der Waals surface area contributed by atoms with Gasteiger partial charge in [-0.2, -0.15) is 0 Å². The van der Waals surface area contributed by atoms with Gasteiger partial charge in [0.25, 0.3) is 0 Å². The molecule has 0 aliphatic heterocycles. The minimum Gasteiger partial charge on any atom is -0.439 e. The Morgan fingerprint density at radius 3 is 2.04 bits per heavy atom. The van der Waals surface area contributed by atoms with Gasteiger partial charge in [0.2, 0.25) is 5.89 Å². The van der Waals surface area contributed by atoms with E-state index in [0.717, 1.165) is 22.6 Å². The number of hydrazine groups is 1. The van der Waals surface area contributed by atoms with Gasteiger partial charge in [0.05, 0.1) is 6.54 Å². The number of benzene rings is 2. The third-order valence-electron chi connectivity index (χ3n) is 3.30. The summed E-state index contributed by atoms with van der Waals surface area (Å²) in [6.45, 7) is 0.555. The van der Waals surface area contributed by atoms with Gasteiger partial charge >= 0.3 is 0 Å². The van der Waals surface area contributed by atoms with Crippen molar-refractivity contribution in [2.24, 2.45) is 0 Å². The lowest BCUT2D eigenvalue weighted by molar-refractivity contribution is 0.269. The van der Waals surface area contributed by atoms with Crippen LogP contribution in [-0.2, 0) is 6.54 Å². The van der Waals surface area contributed by atoms with Crippen LogP contribution in [0.25, 0.3) is 22.6 Å². The van der Waals surface area contributed by atoms with E-state index in [1.165, 1.54) is 0 Å². The lowest BCUT2D eigenvalue weighted by Crippen LogP contribution is -2.29. The van der Waals surface area contributed by atoms with Crippen LogP contribution >= 0.6 is 12.4 Å². The van der Waals surface area contributed by atoms with Gasteiger partial charge in [0, 0.05) is 25.2 Å². The van der Waals surface area contributed by atoms with Crippen LogP contribution in [0, 0.1) is 0 Å². The van der Waals surface area contributed by atoms with E-state index in [9.17, 15) is 0 Å². The zero-order valence-corrected chi connectivity index (χ0v) is 14.0. The Kier molecular flexibility index (Phi) is 5.93. The van der Waals surface area contributed by atoms with Crippen molar-refractivity contribution >= 4 is 12.4 Å². The lowest BCUT2D eigenvalue weighted by atomic mass is 10.1. The smallest absolute Gasteiger partial charge is 0.210 e. The highest BCUT2D eigenvalue weighted by atomic mass is 35.5. The van der Waals surface area contributed by atoms with E-state index in [2.05, 4.69) is 10.4 Å². The van der Waals surface area contributed by atoms with Gasteiger partial charge in [-0.15, -0.1) is 12.4 Å². The maximum atomic E-state index is 6.01. The molecule has 0 atom stereocenters. The predicted molar refractivity (Wildman–Crippen MR) is 95.1 cm³/mol. The first-order chi connectivity index (χ1) is 10.7. The van der Waals surface area contributed by atoms with Gasteiger partial charge in [0.15, 0.2) is 5.76 Å². The van der Waals surface area contributed by atoms with Gasteiger partial charge in [-0.25, -0.2) is 10.4 Å². The highest BCUT2D eigenvalue weighted by Crippen LogP contribution is 2.32. The quantitative estimate of drug-likeness (QED) is 0.718. The molecule has 23 heavy (non-hydrogen) atoms. The van der Waals surface area contributed by atoms with Crippen molar-refractivity contribution in [1.29, 1.82) is 0 Å². The van der Waals surface area contributed by atoms with Crippen LogP contribution < -0.4 is 5.43 Å². The third kappa shape index (κ3) is 4.20. The highest BCUT2D eigenvalue weighted by Gasteiger charge is 2.16. The number of halogens is 1. The molecule has 0 unspecified atom stereocenters. The third-order valence-corrected chi connectivity index (χ3v) is 3.30. The molecular formula is C18H20ClN3O. The van der Waals surface area contributed by atoms with Gasteiger partial charge < -0.3 is 4.42 Å². The first-order valence-electron chi connectivity index (χ1n) is 7.25. The Hall–Kier alpha value is -2.14. The fourth-order valence-corrected chi connectivity index (χ4v) is 2.24. The molecule has 120 valence electrons. The number of nitrogens with one attached hydrogen (secondary N) is 1. The maximum absolute atomic E-state index is 6.01. The van der Waals surface area contributed by atoms with E-state index in [1.54, 1.807) is 0 Å². The van der Waals surface area contributed by atoms with E-state index >= 15 is 0 Å². The second kappa shape index (κ2) is 7.92. The van der Waals surface area contributed by atoms with Gasteiger partial charge in [-0.3, -0.25) is 5.01 Å². The molecule has 3 aromatic rings. The van der Waals surface area contributed by atoms with Crippen molar-refractivity contribution in [2.75, 3.05) is 14.1 Å². The Balaban J connectivity index is 0.00000192. The minimum atomic E-state index is 0. The van der Waals surface area contributed by atoms with Crippen LogP contribution in [0.3, 0.4) is 0 Å². The first-order valence-corrected chi connectivity index (χ1v) is 7.25. The summed E-state index contributed by atoms with van der Waals surface area (Å²) >= 11 is 0. The molecule has 0 amide bonds. The Bertz CT molecular complexity index is 670. The van der Waals surface area contributed by atoms with Crippen LogP contribution in [0.4, 0.5) is 0 Å². The molecule has 5 heteroatoms.